The number of benzene rings is 3. The average Bonchev–Trinajstić information content (AvgIpc) is 2.86. The van der Waals surface area contributed by atoms with Crippen LogP contribution in [-0.4, -0.2) is 21.5 Å². The first-order valence-corrected chi connectivity index (χ1v) is 18.3. The molecule has 0 saturated carbocycles. The lowest BCUT2D eigenvalue weighted by Gasteiger charge is -2.45. The second-order valence-corrected chi connectivity index (χ2v) is 21.7. The van der Waals surface area contributed by atoms with Gasteiger partial charge in [0.1, 0.15) is 13.7 Å². The zero-order valence-electron chi connectivity index (χ0n) is 20.7. The molecule has 0 bridgehead atoms. The van der Waals surface area contributed by atoms with Gasteiger partial charge in [0, 0.05) is 6.42 Å². The van der Waals surface area contributed by atoms with Crippen LogP contribution in [0.25, 0.3) is 0 Å². The van der Waals surface area contributed by atoms with Crippen LogP contribution in [0.4, 0.5) is 0 Å². The van der Waals surface area contributed by atoms with Crippen molar-refractivity contribution in [3.8, 4) is 11.8 Å². The van der Waals surface area contributed by atoms with Crippen LogP contribution in [0.5, 0.6) is 0 Å². The Morgan fingerprint density at radius 2 is 1.18 bits per heavy atom. The van der Waals surface area contributed by atoms with Crippen molar-refractivity contribution in [1.29, 1.82) is 0 Å². The molecule has 0 aliphatic heterocycles. The molecule has 3 aromatic carbocycles. The maximum absolute atomic E-state index is 7.28. The van der Waals surface area contributed by atoms with E-state index in [1.807, 2.05) is 0 Å². The quantitative estimate of drug-likeness (QED) is 0.206. The summed E-state index contributed by atoms with van der Waals surface area (Å²) in [4.78, 5) is 0. The van der Waals surface area contributed by atoms with Gasteiger partial charge < -0.3 is 4.43 Å². The Balaban J connectivity index is 2.08. The van der Waals surface area contributed by atoms with E-state index in [0.29, 0.717) is 0 Å². The minimum absolute atomic E-state index is 0.112. The Kier molecular flexibility index (Phi) is 9.32. The summed E-state index contributed by atoms with van der Waals surface area (Å²) in [5, 5.41) is 4.12. The molecule has 1 unspecified atom stereocenters. The molecule has 1 atom stereocenters. The standard InChI is InChI=1S/C30H38OSi2/c1-5-6-7-8-9-13-20-27(2)31-33(29-23-16-11-17-24-29,30-25-18-12-19-26-30)32(3,4)28-21-14-10-15-22-28/h10-12,14-19,21-27H,5-9H2,1-4H3. The maximum atomic E-state index is 7.28. The van der Waals surface area contributed by atoms with Gasteiger partial charge in [-0.3, -0.25) is 0 Å². The van der Waals surface area contributed by atoms with Crippen LogP contribution in [0, 0.1) is 11.8 Å². The third-order valence-electron chi connectivity index (χ3n) is 6.55. The van der Waals surface area contributed by atoms with E-state index in [4.69, 9.17) is 4.43 Å². The summed E-state index contributed by atoms with van der Waals surface area (Å²) < 4.78 is 7.28. The highest BCUT2D eigenvalue weighted by Gasteiger charge is 2.55. The predicted molar refractivity (Wildman–Crippen MR) is 149 cm³/mol. The first-order chi connectivity index (χ1) is 16.0. The van der Waals surface area contributed by atoms with Crippen LogP contribution >= 0.6 is 0 Å². The lowest BCUT2D eigenvalue weighted by molar-refractivity contribution is 0.285. The van der Waals surface area contributed by atoms with Crippen molar-refractivity contribution in [3.05, 3.63) is 91.0 Å². The van der Waals surface area contributed by atoms with Crippen LogP contribution in [0.3, 0.4) is 0 Å². The summed E-state index contributed by atoms with van der Waals surface area (Å²) >= 11 is 0. The van der Waals surface area contributed by atoms with E-state index >= 15 is 0 Å². The van der Waals surface area contributed by atoms with E-state index in [1.54, 1.807) is 0 Å². The summed E-state index contributed by atoms with van der Waals surface area (Å²) in [6, 6.07) is 33.0. The van der Waals surface area contributed by atoms with E-state index in [1.165, 1.54) is 41.2 Å². The molecule has 0 amide bonds. The van der Waals surface area contributed by atoms with Crippen molar-refractivity contribution in [2.45, 2.75) is 65.1 Å². The van der Waals surface area contributed by atoms with E-state index in [2.05, 4.69) is 130 Å². The molecule has 0 heterocycles. The summed E-state index contributed by atoms with van der Waals surface area (Å²) in [7, 11) is -4.74. The molecule has 0 N–H and O–H groups in total. The number of hydrogen-bond acceptors (Lipinski definition) is 1. The van der Waals surface area contributed by atoms with Crippen LogP contribution in [0.2, 0.25) is 13.1 Å². The Bertz CT molecular complexity index is 981. The molecule has 0 aromatic heterocycles. The van der Waals surface area contributed by atoms with Gasteiger partial charge in [-0.15, -0.1) is 5.92 Å². The lowest BCUT2D eigenvalue weighted by Crippen LogP contribution is -2.80. The van der Waals surface area contributed by atoms with Gasteiger partial charge in [0.05, 0.1) is 0 Å². The summed E-state index contributed by atoms with van der Waals surface area (Å²) in [6.45, 7) is 9.36. The minimum Gasteiger partial charge on any atom is -0.397 e. The fraction of sp³-hybridized carbons (Fsp3) is 0.333. The van der Waals surface area contributed by atoms with Gasteiger partial charge in [-0.1, -0.05) is 141 Å². The van der Waals surface area contributed by atoms with Gasteiger partial charge in [0.15, 0.2) is 0 Å². The third kappa shape index (κ3) is 5.95. The van der Waals surface area contributed by atoms with Gasteiger partial charge in [0.25, 0.3) is 0 Å². The monoisotopic (exact) mass is 470 g/mol. The predicted octanol–water partition coefficient (Wildman–Crippen LogP) is 5.82. The molecule has 3 heteroatoms. The molecule has 0 radical (unpaired) electrons. The molecule has 0 aliphatic rings. The van der Waals surface area contributed by atoms with Crippen molar-refractivity contribution < 1.29 is 4.43 Å². The Labute approximate surface area is 203 Å². The summed E-state index contributed by atoms with van der Waals surface area (Å²) in [6.07, 6.45) is 5.84. The van der Waals surface area contributed by atoms with E-state index in [9.17, 15) is 0 Å². The fourth-order valence-electron chi connectivity index (χ4n) is 4.73. The topological polar surface area (TPSA) is 9.23 Å². The highest BCUT2D eigenvalue weighted by atomic mass is 29.3. The first-order valence-electron chi connectivity index (χ1n) is 12.3. The third-order valence-corrected chi connectivity index (χ3v) is 21.3. The van der Waals surface area contributed by atoms with Gasteiger partial charge in [-0.2, -0.15) is 0 Å². The first kappa shape index (κ1) is 25.2. The van der Waals surface area contributed by atoms with Gasteiger partial charge in [0.2, 0.25) is 7.83 Å². The number of rotatable bonds is 10. The maximum Gasteiger partial charge on any atom is 0.247 e. The van der Waals surface area contributed by atoms with Crippen LogP contribution in [0.15, 0.2) is 91.0 Å². The Hall–Kier alpha value is -2.39. The zero-order valence-corrected chi connectivity index (χ0v) is 22.7. The number of unbranched alkanes of at least 4 members (excludes halogenated alkanes) is 4. The highest BCUT2D eigenvalue weighted by Crippen LogP contribution is 2.23. The molecule has 0 saturated heterocycles. The molecular weight excluding hydrogens is 433 g/mol. The van der Waals surface area contributed by atoms with Crippen LogP contribution in [-0.2, 0) is 4.43 Å². The van der Waals surface area contributed by atoms with E-state index < -0.39 is 15.4 Å². The van der Waals surface area contributed by atoms with Crippen molar-refractivity contribution in [2.75, 3.05) is 0 Å². The van der Waals surface area contributed by atoms with E-state index in [0.717, 1.165) is 6.42 Å². The SMILES string of the molecule is CCCCCCC#CC(C)O[Si](c1ccccc1)(c1ccccc1)[Si](C)(C)c1ccccc1. The van der Waals surface area contributed by atoms with Gasteiger partial charge >= 0.3 is 0 Å². The Morgan fingerprint density at radius 1 is 0.697 bits per heavy atom. The molecule has 33 heavy (non-hydrogen) atoms. The molecular formula is C30H38OSi2. The molecule has 0 aliphatic carbocycles. The molecule has 1 nitrogen and oxygen atoms in total. The zero-order chi connectivity index (χ0) is 23.6. The minimum atomic E-state index is -2.62. The average molecular weight is 471 g/mol. The summed E-state index contributed by atoms with van der Waals surface area (Å²) in [5.41, 5.74) is 0. The van der Waals surface area contributed by atoms with E-state index in [-0.39, 0.29) is 6.10 Å². The van der Waals surface area contributed by atoms with Crippen molar-refractivity contribution >= 4 is 31.0 Å². The van der Waals surface area contributed by atoms with Gasteiger partial charge in [-0.05, 0) is 23.7 Å². The Morgan fingerprint density at radius 3 is 1.67 bits per heavy atom. The fourth-order valence-corrected chi connectivity index (χ4v) is 18.9. The van der Waals surface area contributed by atoms with Crippen molar-refractivity contribution in [2.24, 2.45) is 0 Å². The van der Waals surface area contributed by atoms with Crippen molar-refractivity contribution in [3.63, 3.8) is 0 Å². The second kappa shape index (κ2) is 12.2. The smallest absolute Gasteiger partial charge is 0.247 e. The normalized spacial score (nSPS) is 12.6. The molecule has 3 aromatic rings. The highest BCUT2D eigenvalue weighted by molar-refractivity contribution is 7.52. The summed E-state index contributed by atoms with van der Waals surface area (Å²) in [5.74, 6) is 6.89. The number of hydrogen-bond donors (Lipinski definition) is 0. The van der Waals surface area contributed by atoms with Gasteiger partial charge in [-0.25, -0.2) is 0 Å². The largest absolute Gasteiger partial charge is 0.397 e. The lowest BCUT2D eigenvalue weighted by atomic mass is 10.1. The van der Waals surface area contributed by atoms with Crippen LogP contribution in [0.1, 0.15) is 46.0 Å². The van der Waals surface area contributed by atoms with Crippen molar-refractivity contribution in [1.82, 2.24) is 0 Å². The van der Waals surface area contributed by atoms with Crippen LogP contribution < -0.4 is 15.6 Å². The second-order valence-electron chi connectivity index (χ2n) is 9.30. The molecule has 3 rings (SSSR count). The molecule has 0 fully saturated rings. The molecule has 172 valence electrons. The molecule has 0 spiro atoms.